The number of fused-ring (bicyclic) bond motifs is 1. The molecule has 3 aromatic carbocycles. The number of rotatable bonds is 8. The van der Waals surface area contributed by atoms with E-state index in [1.165, 1.54) is 0 Å². The lowest BCUT2D eigenvalue weighted by atomic mass is 10.1. The van der Waals surface area contributed by atoms with Gasteiger partial charge in [-0.15, -0.1) is 0 Å². The molecule has 0 saturated carbocycles. The van der Waals surface area contributed by atoms with Crippen molar-refractivity contribution in [2.24, 2.45) is 0 Å². The predicted molar refractivity (Wildman–Crippen MR) is 124 cm³/mol. The van der Waals surface area contributed by atoms with Crippen LogP contribution in [-0.2, 0) is 14.8 Å². The van der Waals surface area contributed by atoms with Crippen molar-refractivity contribution in [3.8, 4) is 0 Å². The molecule has 2 amide bonds. The third kappa shape index (κ3) is 5.40. The zero-order chi connectivity index (χ0) is 22.4. The number of hydrogen-bond acceptors (Lipinski definition) is 4. The van der Waals surface area contributed by atoms with Gasteiger partial charge >= 0.3 is 0 Å². The molecule has 0 radical (unpaired) electrons. The monoisotopic (exact) mass is 439 g/mol. The molecule has 0 aliphatic heterocycles. The summed E-state index contributed by atoms with van der Waals surface area (Å²) in [6.07, 6.45) is 1.85. The number of carbonyl (C=O) groups excluding carboxylic acids is 2. The molecule has 31 heavy (non-hydrogen) atoms. The Kier molecular flexibility index (Phi) is 6.91. The highest BCUT2D eigenvalue weighted by Gasteiger charge is 2.23. The fourth-order valence-corrected chi connectivity index (χ4v) is 4.12. The summed E-state index contributed by atoms with van der Waals surface area (Å²) in [5.41, 5.74) is 1.07. The first-order chi connectivity index (χ1) is 14.8. The van der Waals surface area contributed by atoms with E-state index >= 15 is 0 Å². The average molecular weight is 440 g/mol. The molecule has 7 nitrogen and oxygen atoms in total. The van der Waals surface area contributed by atoms with Gasteiger partial charge in [-0.2, -0.15) is 0 Å². The Morgan fingerprint density at radius 3 is 2.35 bits per heavy atom. The van der Waals surface area contributed by atoms with Crippen LogP contribution in [0.4, 0.5) is 11.4 Å². The van der Waals surface area contributed by atoms with E-state index in [1.54, 1.807) is 36.4 Å². The fourth-order valence-electron chi connectivity index (χ4n) is 3.25. The lowest BCUT2D eigenvalue weighted by Gasteiger charge is -2.23. The van der Waals surface area contributed by atoms with E-state index in [9.17, 15) is 18.0 Å². The second-order valence-corrected chi connectivity index (χ2v) is 9.02. The molecule has 0 spiro atoms. The van der Waals surface area contributed by atoms with Crippen LogP contribution in [0.3, 0.4) is 0 Å². The third-order valence-corrected chi connectivity index (χ3v) is 5.83. The molecule has 0 heterocycles. The number of benzene rings is 3. The maximum absolute atomic E-state index is 12.8. The second-order valence-electron chi connectivity index (χ2n) is 7.12. The van der Waals surface area contributed by atoms with Crippen molar-refractivity contribution >= 4 is 44.0 Å². The van der Waals surface area contributed by atoms with Gasteiger partial charge in [0.15, 0.2) is 0 Å². The van der Waals surface area contributed by atoms with Gasteiger partial charge in [-0.3, -0.25) is 13.9 Å². The lowest BCUT2D eigenvalue weighted by molar-refractivity contribution is -0.114. The van der Waals surface area contributed by atoms with E-state index in [0.29, 0.717) is 23.5 Å². The first kappa shape index (κ1) is 22.3. The fraction of sp³-hybridized carbons (Fsp3) is 0.217. The number of para-hydroxylation sites is 1. The third-order valence-electron chi connectivity index (χ3n) is 4.70. The molecule has 0 bridgehead atoms. The van der Waals surface area contributed by atoms with Crippen LogP contribution >= 0.6 is 0 Å². The summed E-state index contributed by atoms with van der Waals surface area (Å²) in [6, 6.07) is 19.3. The van der Waals surface area contributed by atoms with Crippen LogP contribution in [0, 0.1) is 0 Å². The van der Waals surface area contributed by atoms with E-state index in [-0.39, 0.29) is 5.91 Å². The minimum absolute atomic E-state index is 0.299. The highest BCUT2D eigenvalue weighted by molar-refractivity contribution is 7.92. The van der Waals surface area contributed by atoms with Crippen molar-refractivity contribution in [2.75, 3.05) is 29.0 Å². The second kappa shape index (κ2) is 9.61. The zero-order valence-corrected chi connectivity index (χ0v) is 18.3. The molecule has 162 valence electrons. The molecule has 8 heteroatoms. The number of amides is 2. The van der Waals surface area contributed by atoms with Crippen LogP contribution in [0.25, 0.3) is 10.8 Å². The Hall–Kier alpha value is -3.39. The molecule has 3 aromatic rings. The Bertz CT molecular complexity index is 1200. The molecule has 0 atom stereocenters. The normalized spacial score (nSPS) is 11.2. The predicted octanol–water partition coefficient (Wildman–Crippen LogP) is 3.38. The lowest BCUT2D eigenvalue weighted by Crippen LogP contribution is -2.38. The largest absolute Gasteiger partial charge is 0.352 e. The van der Waals surface area contributed by atoms with Gasteiger partial charge in [0.1, 0.15) is 6.54 Å². The molecule has 0 fully saturated rings. The van der Waals surface area contributed by atoms with Crippen LogP contribution in [-0.4, -0.2) is 39.6 Å². The van der Waals surface area contributed by atoms with E-state index in [4.69, 9.17) is 0 Å². The highest BCUT2D eigenvalue weighted by Crippen LogP contribution is 2.28. The molecule has 0 unspecified atom stereocenters. The van der Waals surface area contributed by atoms with E-state index in [0.717, 1.165) is 27.8 Å². The minimum Gasteiger partial charge on any atom is -0.352 e. The topological polar surface area (TPSA) is 95.6 Å². The number of nitrogens with zero attached hydrogens (tertiary/aromatic N) is 1. The Morgan fingerprint density at radius 1 is 0.935 bits per heavy atom. The molecular weight excluding hydrogens is 414 g/mol. The van der Waals surface area contributed by atoms with Crippen molar-refractivity contribution in [1.29, 1.82) is 0 Å². The summed E-state index contributed by atoms with van der Waals surface area (Å²) in [4.78, 5) is 25.2. The van der Waals surface area contributed by atoms with Crippen LogP contribution in [0.2, 0.25) is 0 Å². The summed E-state index contributed by atoms with van der Waals surface area (Å²) >= 11 is 0. The summed E-state index contributed by atoms with van der Waals surface area (Å²) in [5.74, 6) is -0.846. The van der Waals surface area contributed by atoms with E-state index in [2.05, 4.69) is 10.6 Å². The average Bonchev–Trinajstić information content (AvgIpc) is 2.75. The zero-order valence-electron chi connectivity index (χ0n) is 17.5. The Morgan fingerprint density at radius 2 is 1.61 bits per heavy atom. The number of carbonyl (C=O) groups is 2. The molecule has 3 rings (SSSR count). The van der Waals surface area contributed by atoms with Gasteiger partial charge in [0.05, 0.1) is 23.2 Å². The van der Waals surface area contributed by atoms with Gasteiger partial charge in [-0.05, 0) is 30.0 Å². The quantitative estimate of drug-likeness (QED) is 0.562. The number of anilines is 2. The molecule has 0 aliphatic rings. The number of sulfonamides is 1. The maximum Gasteiger partial charge on any atom is 0.253 e. The van der Waals surface area contributed by atoms with Gasteiger partial charge < -0.3 is 10.6 Å². The van der Waals surface area contributed by atoms with Gasteiger partial charge in [-0.1, -0.05) is 55.5 Å². The maximum atomic E-state index is 12.8. The van der Waals surface area contributed by atoms with Crippen molar-refractivity contribution in [3.63, 3.8) is 0 Å². The molecular formula is C23H25N3O4S. The molecule has 0 aromatic heterocycles. The van der Waals surface area contributed by atoms with Crippen molar-refractivity contribution in [1.82, 2.24) is 5.32 Å². The minimum atomic E-state index is -3.74. The number of nitrogens with one attached hydrogen (secondary N) is 2. The van der Waals surface area contributed by atoms with Crippen molar-refractivity contribution in [2.45, 2.75) is 13.3 Å². The Labute approximate surface area is 182 Å². The van der Waals surface area contributed by atoms with Crippen LogP contribution in [0.15, 0.2) is 66.7 Å². The standard InChI is InChI=1S/C23H25N3O4S/c1-3-15-24-23(28)19-12-6-7-13-20(19)25-22(27)16-26(31(2,29)30)21-14-8-10-17-9-4-5-11-18(17)21/h4-14H,3,15-16H2,1-2H3,(H,24,28)(H,25,27). The summed E-state index contributed by atoms with van der Waals surface area (Å²) in [7, 11) is -3.74. The number of hydrogen-bond donors (Lipinski definition) is 2. The van der Waals surface area contributed by atoms with Crippen LogP contribution < -0.4 is 14.9 Å². The first-order valence-electron chi connectivity index (χ1n) is 9.94. The van der Waals surface area contributed by atoms with Gasteiger partial charge in [0, 0.05) is 11.9 Å². The van der Waals surface area contributed by atoms with Gasteiger partial charge in [-0.25, -0.2) is 8.42 Å². The van der Waals surface area contributed by atoms with Gasteiger partial charge in [0.2, 0.25) is 15.9 Å². The van der Waals surface area contributed by atoms with Crippen molar-refractivity contribution in [3.05, 3.63) is 72.3 Å². The van der Waals surface area contributed by atoms with Crippen LogP contribution in [0.5, 0.6) is 0 Å². The molecule has 2 N–H and O–H groups in total. The summed E-state index contributed by atoms with van der Waals surface area (Å²) in [6.45, 7) is 2.04. The summed E-state index contributed by atoms with van der Waals surface area (Å²) < 4.78 is 26.2. The Balaban J connectivity index is 1.88. The SMILES string of the molecule is CCCNC(=O)c1ccccc1NC(=O)CN(c1cccc2ccccc12)S(C)(=O)=O. The van der Waals surface area contributed by atoms with E-state index < -0.39 is 22.5 Å². The smallest absolute Gasteiger partial charge is 0.253 e. The van der Waals surface area contributed by atoms with E-state index in [1.807, 2.05) is 37.3 Å². The first-order valence-corrected chi connectivity index (χ1v) is 11.8. The van der Waals surface area contributed by atoms with Crippen molar-refractivity contribution < 1.29 is 18.0 Å². The van der Waals surface area contributed by atoms with Gasteiger partial charge in [0.25, 0.3) is 5.91 Å². The summed E-state index contributed by atoms with van der Waals surface area (Å²) in [5, 5.41) is 7.05. The van der Waals surface area contributed by atoms with Crippen LogP contribution in [0.1, 0.15) is 23.7 Å². The molecule has 0 aliphatic carbocycles. The highest BCUT2D eigenvalue weighted by atomic mass is 32.2. The molecule has 0 saturated heterocycles.